The van der Waals surface area contributed by atoms with Gasteiger partial charge in [0.1, 0.15) is 17.0 Å². The second-order valence-corrected chi connectivity index (χ2v) is 9.82. The van der Waals surface area contributed by atoms with E-state index in [1.807, 2.05) is 36.4 Å². The molecule has 0 N–H and O–H groups in total. The van der Waals surface area contributed by atoms with E-state index in [1.54, 1.807) is 13.3 Å². The number of aromatic nitrogens is 3. The molecule has 190 valence electrons. The quantitative estimate of drug-likeness (QED) is 0.234. The van der Waals surface area contributed by atoms with Crippen LogP contribution in [-0.2, 0) is 0 Å². The fraction of sp³-hybridized carbons (Fsp3) is 0.0286. The van der Waals surface area contributed by atoms with Crippen LogP contribution >= 0.6 is 0 Å². The SMILES string of the molecule is COc1nccc2c1nc(-c1ccccc1)n2-c1ccc(-c2c3ccccc3cc3c2oc2ccccc23)cc1. The minimum atomic E-state index is 0.507. The van der Waals surface area contributed by atoms with Crippen molar-refractivity contribution in [2.24, 2.45) is 0 Å². The van der Waals surface area contributed by atoms with E-state index in [2.05, 4.69) is 88.4 Å². The van der Waals surface area contributed by atoms with Gasteiger partial charge in [0.2, 0.25) is 5.88 Å². The summed E-state index contributed by atoms with van der Waals surface area (Å²) in [6.07, 6.45) is 1.76. The number of rotatable bonds is 4. The maximum absolute atomic E-state index is 6.47. The van der Waals surface area contributed by atoms with Crippen LogP contribution in [0.4, 0.5) is 0 Å². The predicted molar refractivity (Wildman–Crippen MR) is 161 cm³/mol. The van der Waals surface area contributed by atoms with Gasteiger partial charge in [0.25, 0.3) is 0 Å². The number of nitrogens with zero attached hydrogens (tertiary/aromatic N) is 3. The van der Waals surface area contributed by atoms with Gasteiger partial charge in [-0.15, -0.1) is 0 Å². The number of imidazole rings is 1. The first-order valence-electron chi connectivity index (χ1n) is 13.2. The minimum Gasteiger partial charge on any atom is -0.479 e. The van der Waals surface area contributed by atoms with Crippen LogP contribution in [0.1, 0.15) is 0 Å². The molecule has 0 aliphatic rings. The number of pyridine rings is 1. The molecule has 5 nitrogen and oxygen atoms in total. The number of para-hydroxylation sites is 1. The summed E-state index contributed by atoms with van der Waals surface area (Å²) in [6.45, 7) is 0. The van der Waals surface area contributed by atoms with Gasteiger partial charge in [-0.05, 0) is 46.7 Å². The van der Waals surface area contributed by atoms with Crippen molar-refractivity contribution in [1.82, 2.24) is 14.5 Å². The molecule has 8 rings (SSSR count). The molecule has 0 fully saturated rings. The lowest BCUT2D eigenvalue weighted by Gasteiger charge is -2.12. The second kappa shape index (κ2) is 8.82. The van der Waals surface area contributed by atoms with Gasteiger partial charge in [-0.1, -0.05) is 84.9 Å². The van der Waals surface area contributed by atoms with E-state index in [9.17, 15) is 0 Å². The highest BCUT2D eigenvalue weighted by Crippen LogP contribution is 2.41. The Morgan fingerprint density at radius 2 is 1.45 bits per heavy atom. The van der Waals surface area contributed by atoms with Crippen molar-refractivity contribution >= 4 is 43.7 Å². The number of furan rings is 1. The van der Waals surface area contributed by atoms with E-state index in [-0.39, 0.29) is 0 Å². The first kappa shape index (κ1) is 22.6. The van der Waals surface area contributed by atoms with E-state index >= 15 is 0 Å². The molecule has 0 spiro atoms. The molecule has 5 heteroatoms. The molecule has 0 aliphatic heterocycles. The van der Waals surface area contributed by atoms with E-state index in [4.69, 9.17) is 14.1 Å². The number of methoxy groups -OCH3 is 1. The lowest BCUT2D eigenvalue weighted by atomic mass is 9.95. The number of benzene rings is 5. The largest absolute Gasteiger partial charge is 0.479 e. The fourth-order valence-electron chi connectivity index (χ4n) is 5.76. The third kappa shape index (κ3) is 3.34. The summed E-state index contributed by atoms with van der Waals surface area (Å²) in [5.41, 5.74) is 7.67. The normalized spacial score (nSPS) is 11.6. The standard InChI is InChI=1S/C35H23N3O2/c1-39-35-32-29(19-20-36-35)38(34(37-32)23-9-3-2-4-10-23)25-17-15-22(16-18-25)31-26-12-6-5-11-24(26)21-28-27-13-7-8-14-30(27)40-33(28)31/h2-21H,1H3. The number of fused-ring (bicyclic) bond motifs is 5. The maximum Gasteiger partial charge on any atom is 0.241 e. The van der Waals surface area contributed by atoms with Crippen LogP contribution in [0, 0.1) is 0 Å². The first-order chi connectivity index (χ1) is 19.8. The predicted octanol–water partition coefficient (Wildman–Crippen LogP) is 8.82. The summed E-state index contributed by atoms with van der Waals surface area (Å²) in [4.78, 5) is 9.37. The van der Waals surface area contributed by atoms with Crippen LogP contribution in [-0.4, -0.2) is 21.6 Å². The summed E-state index contributed by atoms with van der Waals surface area (Å²) < 4.78 is 14.2. The average Bonchev–Trinajstić information content (AvgIpc) is 3.59. The molecular weight excluding hydrogens is 494 g/mol. The van der Waals surface area contributed by atoms with Crippen LogP contribution in [0.3, 0.4) is 0 Å². The lowest BCUT2D eigenvalue weighted by Crippen LogP contribution is -1.98. The van der Waals surface area contributed by atoms with Crippen LogP contribution in [0.5, 0.6) is 5.88 Å². The molecule has 0 aliphatic carbocycles. The zero-order valence-corrected chi connectivity index (χ0v) is 21.7. The molecule has 3 aromatic heterocycles. The topological polar surface area (TPSA) is 53.1 Å². The Morgan fingerprint density at radius 1 is 0.700 bits per heavy atom. The van der Waals surface area contributed by atoms with Crippen molar-refractivity contribution in [3.05, 3.63) is 121 Å². The Balaban J connectivity index is 1.36. The van der Waals surface area contributed by atoms with Gasteiger partial charge in [0.15, 0.2) is 5.52 Å². The van der Waals surface area contributed by atoms with Crippen LogP contribution in [0.15, 0.2) is 126 Å². The maximum atomic E-state index is 6.47. The van der Waals surface area contributed by atoms with Gasteiger partial charge in [0.05, 0.1) is 12.6 Å². The Bertz CT molecular complexity index is 2190. The van der Waals surface area contributed by atoms with Crippen molar-refractivity contribution in [1.29, 1.82) is 0 Å². The highest BCUT2D eigenvalue weighted by atomic mass is 16.5. The molecule has 0 saturated heterocycles. The lowest BCUT2D eigenvalue weighted by molar-refractivity contribution is 0.402. The Labute approximate surface area is 229 Å². The smallest absolute Gasteiger partial charge is 0.241 e. The highest BCUT2D eigenvalue weighted by molar-refractivity contribution is 6.18. The number of ether oxygens (including phenoxy) is 1. The van der Waals surface area contributed by atoms with Gasteiger partial charge in [0, 0.05) is 33.8 Å². The number of hydrogen-bond donors (Lipinski definition) is 0. The first-order valence-corrected chi connectivity index (χ1v) is 13.2. The third-order valence-electron chi connectivity index (χ3n) is 7.57. The molecule has 0 bridgehead atoms. The van der Waals surface area contributed by atoms with Crippen molar-refractivity contribution < 1.29 is 9.15 Å². The van der Waals surface area contributed by atoms with E-state index < -0.39 is 0 Å². The van der Waals surface area contributed by atoms with E-state index in [1.165, 1.54) is 5.39 Å². The van der Waals surface area contributed by atoms with Gasteiger partial charge in [-0.3, -0.25) is 4.57 Å². The molecule has 3 heterocycles. The molecule has 0 amide bonds. The van der Waals surface area contributed by atoms with Crippen LogP contribution in [0.2, 0.25) is 0 Å². The van der Waals surface area contributed by atoms with Crippen molar-refractivity contribution in [2.45, 2.75) is 0 Å². The van der Waals surface area contributed by atoms with Gasteiger partial charge in [-0.2, -0.15) is 0 Å². The van der Waals surface area contributed by atoms with E-state index in [0.29, 0.717) is 5.88 Å². The Hall–Kier alpha value is -5.42. The summed E-state index contributed by atoms with van der Waals surface area (Å²) in [7, 11) is 1.63. The molecule has 8 aromatic rings. The van der Waals surface area contributed by atoms with Gasteiger partial charge in [-0.25, -0.2) is 9.97 Å². The summed E-state index contributed by atoms with van der Waals surface area (Å²) in [5, 5.41) is 4.60. The minimum absolute atomic E-state index is 0.507. The van der Waals surface area contributed by atoms with Crippen LogP contribution < -0.4 is 4.74 Å². The fourth-order valence-corrected chi connectivity index (χ4v) is 5.76. The van der Waals surface area contributed by atoms with Gasteiger partial charge < -0.3 is 9.15 Å². The van der Waals surface area contributed by atoms with Crippen molar-refractivity contribution in [3.63, 3.8) is 0 Å². The molecule has 0 unspecified atom stereocenters. The zero-order chi connectivity index (χ0) is 26.6. The summed E-state index contributed by atoms with van der Waals surface area (Å²) in [5.74, 6) is 1.34. The molecule has 0 atom stereocenters. The van der Waals surface area contributed by atoms with E-state index in [0.717, 1.165) is 66.6 Å². The monoisotopic (exact) mass is 517 g/mol. The summed E-state index contributed by atoms with van der Waals surface area (Å²) >= 11 is 0. The molecule has 0 saturated carbocycles. The van der Waals surface area contributed by atoms with Crippen LogP contribution in [0.25, 0.3) is 71.9 Å². The van der Waals surface area contributed by atoms with Crippen molar-refractivity contribution in [3.8, 4) is 34.1 Å². The number of hydrogen-bond acceptors (Lipinski definition) is 4. The third-order valence-corrected chi connectivity index (χ3v) is 7.57. The molecular formula is C35H23N3O2. The summed E-state index contributed by atoms with van der Waals surface area (Å²) in [6, 6.07) is 39.8. The zero-order valence-electron chi connectivity index (χ0n) is 21.7. The Morgan fingerprint density at radius 3 is 2.27 bits per heavy atom. The molecule has 5 aromatic carbocycles. The molecule has 40 heavy (non-hydrogen) atoms. The molecule has 0 radical (unpaired) electrons. The highest BCUT2D eigenvalue weighted by Gasteiger charge is 2.19. The Kier molecular flexibility index (Phi) is 4.97. The second-order valence-electron chi connectivity index (χ2n) is 9.82. The van der Waals surface area contributed by atoms with Gasteiger partial charge >= 0.3 is 0 Å². The average molecular weight is 518 g/mol. The van der Waals surface area contributed by atoms with Crippen molar-refractivity contribution in [2.75, 3.05) is 7.11 Å².